The Kier molecular flexibility index (Phi) is 10.4. The van der Waals surface area contributed by atoms with Gasteiger partial charge in [-0.3, -0.25) is 0 Å². The maximum absolute atomic E-state index is 2.84. The Balaban J connectivity index is 0.00000234. The maximum Gasteiger partial charge on any atom is -1.00 e. The number of allylic oxidation sites excluding steroid dienone is 16. The van der Waals surface area contributed by atoms with E-state index in [4.69, 9.17) is 0 Å². The Morgan fingerprint density at radius 2 is 1.33 bits per heavy atom. The van der Waals surface area contributed by atoms with Gasteiger partial charge in [-0.25, -0.2) is 0 Å². The molecule has 1 aromatic rings. The van der Waals surface area contributed by atoms with Gasteiger partial charge in [0, 0.05) is 0 Å². The molecule has 0 spiro atoms. The van der Waals surface area contributed by atoms with Crippen molar-refractivity contribution in [3.05, 3.63) is 130 Å². The summed E-state index contributed by atoms with van der Waals surface area (Å²) < 4.78 is 4.42. The molecule has 6 aliphatic rings. The Labute approximate surface area is 318 Å². The minimum atomic E-state index is -2.62. The van der Waals surface area contributed by atoms with E-state index in [1.54, 1.807) is 5.57 Å². The summed E-state index contributed by atoms with van der Waals surface area (Å²) in [6.45, 7) is 23.9. The smallest absolute Gasteiger partial charge is 1.00 e. The molecule has 9 atom stereocenters. The molecular weight excluding hydrogens is 715 g/mol. The van der Waals surface area contributed by atoms with E-state index in [2.05, 4.69) is 178 Å². The number of benzene rings is 1. The van der Waals surface area contributed by atoms with Crippen LogP contribution in [0.4, 0.5) is 0 Å². The van der Waals surface area contributed by atoms with Crippen LogP contribution in [0.15, 0.2) is 124 Å². The van der Waals surface area contributed by atoms with Crippen molar-refractivity contribution in [1.29, 1.82) is 0 Å². The molecule has 9 unspecified atom stereocenters. The Morgan fingerprint density at radius 3 is 1.92 bits per heavy atom. The minimum absolute atomic E-state index is 0. The summed E-state index contributed by atoms with van der Waals surface area (Å²) in [5.74, 6) is 0.504. The average molecular weight is 773 g/mol. The molecule has 0 aliphatic heterocycles. The van der Waals surface area contributed by atoms with E-state index in [-0.39, 0.29) is 62.7 Å². The van der Waals surface area contributed by atoms with Gasteiger partial charge in [-0.05, 0) is 0 Å². The standard InChI is InChI=1S/C29H37.C12H16.C5H5.2ClH.Zr/c1-21-14-13-15-22-20-27(6)25(4)18-10-9-16-23(25,2)24(3)17-11-12-19-26(24,5)29(27,8)28(21,22)7;1-2-3-4-6-9-12-10-7-5-8-11-12;1-2-4-5-3-1;;;/h9-20,22H,1-8H3;5,7-8,10-11H,2-4,9H2,1H3;1-3H,4H2;2*1H;/q;;;;;+2/p-2. The fourth-order valence-corrected chi connectivity index (χ4v) is 24.7. The first kappa shape index (κ1) is 38.7. The van der Waals surface area contributed by atoms with Crippen molar-refractivity contribution in [1.82, 2.24) is 0 Å². The zero-order valence-electron chi connectivity index (χ0n) is 31.4. The molecule has 2 saturated carbocycles. The fourth-order valence-electron chi connectivity index (χ4n) is 13.1. The third kappa shape index (κ3) is 4.53. The van der Waals surface area contributed by atoms with E-state index >= 15 is 0 Å². The van der Waals surface area contributed by atoms with Gasteiger partial charge in [-0.1, -0.05) is 0 Å². The summed E-state index contributed by atoms with van der Waals surface area (Å²) in [5, 5.41) is 0. The van der Waals surface area contributed by atoms with E-state index in [1.807, 2.05) is 6.49 Å². The van der Waals surface area contributed by atoms with Crippen molar-refractivity contribution < 1.29 is 46.1 Å². The first-order valence-electron chi connectivity index (χ1n) is 18.5. The number of halogens is 2. The van der Waals surface area contributed by atoms with Crippen molar-refractivity contribution in [2.24, 2.45) is 43.8 Å². The van der Waals surface area contributed by atoms with Crippen molar-refractivity contribution in [2.45, 2.75) is 98.0 Å². The second kappa shape index (κ2) is 13.2. The van der Waals surface area contributed by atoms with Crippen molar-refractivity contribution >= 4 is 3.21 Å². The molecule has 0 N–H and O–H groups in total. The second-order valence-electron chi connectivity index (χ2n) is 17.1. The minimum Gasteiger partial charge on any atom is -1.00 e. The predicted molar refractivity (Wildman–Crippen MR) is 200 cm³/mol. The van der Waals surface area contributed by atoms with E-state index in [1.165, 1.54) is 24.8 Å². The third-order valence-electron chi connectivity index (χ3n) is 16.4. The maximum atomic E-state index is 2.84. The van der Waals surface area contributed by atoms with Crippen LogP contribution in [0, 0.1) is 43.8 Å². The SMILES string of the molecule is CCCC/[C](Cc1ccccc1)=[Zr+2](/[C]1=CC=CC1)[CH]1C2C=CC=C(C)C2(C)C2(C)C3(C)C=CC=CC3(C)C3(C)C=CC=CC3(C)C12C.[Cl-].[Cl-]. The van der Waals surface area contributed by atoms with Crippen LogP contribution in [0.25, 0.3) is 0 Å². The normalized spacial score (nSPS) is 42.2. The van der Waals surface area contributed by atoms with Crippen molar-refractivity contribution in [3.63, 3.8) is 0 Å². The first-order valence-corrected chi connectivity index (χ1v) is 22.4. The number of fused-ring (bicyclic) bond motifs is 8. The summed E-state index contributed by atoms with van der Waals surface area (Å²) in [4.78, 5) is 0. The number of hydrogen-bond acceptors (Lipinski definition) is 0. The van der Waals surface area contributed by atoms with Crippen LogP contribution < -0.4 is 24.8 Å². The van der Waals surface area contributed by atoms with Gasteiger partial charge in [0.2, 0.25) is 0 Å². The number of rotatable bonds is 7. The molecule has 1 aromatic carbocycles. The van der Waals surface area contributed by atoms with E-state index in [0.29, 0.717) is 9.54 Å². The average Bonchev–Trinajstić information content (AvgIpc) is 3.65. The van der Waals surface area contributed by atoms with Crippen LogP contribution in [0.5, 0.6) is 0 Å². The van der Waals surface area contributed by atoms with Gasteiger partial charge < -0.3 is 24.8 Å². The van der Waals surface area contributed by atoms with Crippen LogP contribution in [0.1, 0.15) is 93.6 Å². The molecule has 0 bridgehead atoms. The molecule has 0 heterocycles. The van der Waals surface area contributed by atoms with Gasteiger partial charge in [0.1, 0.15) is 0 Å². The Bertz CT molecular complexity index is 1750. The Hall–Kier alpha value is -1.53. The zero-order valence-corrected chi connectivity index (χ0v) is 35.4. The molecule has 6 aliphatic carbocycles. The van der Waals surface area contributed by atoms with Crippen LogP contribution in [0.3, 0.4) is 0 Å². The largest absolute Gasteiger partial charge is 1.00 e. The molecule has 7 rings (SSSR count). The first-order chi connectivity index (χ1) is 22.3. The summed E-state index contributed by atoms with van der Waals surface area (Å²) >= 11 is -2.62. The molecule has 0 saturated heterocycles. The molecule has 0 amide bonds. The van der Waals surface area contributed by atoms with Crippen LogP contribution >= 0.6 is 0 Å². The van der Waals surface area contributed by atoms with Gasteiger partial charge in [-0.15, -0.1) is 0 Å². The zero-order chi connectivity index (χ0) is 33.5. The quantitative estimate of drug-likeness (QED) is 0.305. The van der Waals surface area contributed by atoms with Crippen LogP contribution in [0.2, 0.25) is 3.63 Å². The van der Waals surface area contributed by atoms with Gasteiger partial charge in [-0.2, -0.15) is 0 Å². The fraction of sp³-hybridized carbons (Fsp3) is 0.500. The third-order valence-corrected chi connectivity index (χ3v) is 25.8. The molecule has 260 valence electrons. The molecular formula is C46H58Cl2Zr. The Morgan fingerprint density at radius 1 is 0.735 bits per heavy atom. The summed E-state index contributed by atoms with van der Waals surface area (Å²) in [6, 6.07) is 11.5. The molecule has 0 aromatic heterocycles. The predicted octanol–water partition coefficient (Wildman–Crippen LogP) is 6.31. The summed E-state index contributed by atoms with van der Waals surface area (Å²) in [7, 11) is 0. The summed E-state index contributed by atoms with van der Waals surface area (Å²) in [5.41, 5.74) is 2.91. The van der Waals surface area contributed by atoms with E-state index < -0.39 is 21.3 Å². The summed E-state index contributed by atoms with van der Waals surface area (Å²) in [6.07, 6.45) is 41.5. The molecule has 0 radical (unpaired) electrons. The monoisotopic (exact) mass is 770 g/mol. The molecule has 2 fully saturated rings. The number of unbranched alkanes of at least 4 members (excludes halogenated alkanes) is 1. The van der Waals surface area contributed by atoms with Gasteiger partial charge >= 0.3 is 296 Å². The second-order valence-corrected chi connectivity index (χ2v) is 24.0. The van der Waals surface area contributed by atoms with Crippen LogP contribution in [-0.4, -0.2) is 3.21 Å². The van der Waals surface area contributed by atoms with E-state index in [0.717, 1.165) is 12.8 Å². The van der Waals surface area contributed by atoms with Crippen LogP contribution in [-0.2, 0) is 27.7 Å². The topological polar surface area (TPSA) is 0 Å². The van der Waals surface area contributed by atoms with Gasteiger partial charge in [0.05, 0.1) is 0 Å². The van der Waals surface area contributed by atoms with Crippen molar-refractivity contribution in [3.8, 4) is 0 Å². The molecule has 49 heavy (non-hydrogen) atoms. The van der Waals surface area contributed by atoms with E-state index in [9.17, 15) is 0 Å². The van der Waals surface area contributed by atoms with Gasteiger partial charge in [0.15, 0.2) is 0 Å². The number of hydrogen-bond donors (Lipinski definition) is 0. The van der Waals surface area contributed by atoms with Crippen molar-refractivity contribution in [2.75, 3.05) is 0 Å². The molecule has 0 nitrogen and oxygen atoms in total. The van der Waals surface area contributed by atoms with Gasteiger partial charge in [0.25, 0.3) is 0 Å². The molecule has 3 heteroatoms.